The molecule has 0 saturated heterocycles. The molecule has 0 aliphatic carbocycles. The van der Waals surface area contributed by atoms with Crippen molar-refractivity contribution in [2.75, 3.05) is 20.8 Å². The Morgan fingerprint density at radius 2 is 1.83 bits per heavy atom. The molecular weight excluding hydrogens is 240 g/mol. The third-order valence-corrected chi connectivity index (χ3v) is 2.96. The first kappa shape index (κ1) is 14.7. The topological polar surface area (TPSA) is 30.5 Å². The zero-order valence-corrected chi connectivity index (χ0v) is 11.1. The average Bonchev–Trinajstić information content (AvgIpc) is 2.37. The van der Waals surface area contributed by atoms with Crippen molar-refractivity contribution in [3.05, 3.63) is 23.8 Å². The molecule has 0 heterocycles. The third-order valence-electron chi connectivity index (χ3n) is 2.96. The van der Waals surface area contributed by atoms with Gasteiger partial charge in [-0.3, -0.25) is 0 Å². The van der Waals surface area contributed by atoms with E-state index in [4.69, 9.17) is 9.47 Å². The van der Waals surface area contributed by atoms with Crippen LogP contribution in [0, 0.1) is 0 Å². The molecule has 0 radical (unpaired) electrons. The van der Waals surface area contributed by atoms with Crippen LogP contribution in [-0.4, -0.2) is 27.2 Å². The van der Waals surface area contributed by atoms with Gasteiger partial charge in [0.15, 0.2) is 11.5 Å². The van der Waals surface area contributed by atoms with Gasteiger partial charge in [0.2, 0.25) is 0 Å². The summed E-state index contributed by atoms with van der Waals surface area (Å²) in [5.74, 6) is 0.967. The molecule has 0 saturated carbocycles. The quantitative estimate of drug-likeness (QED) is 0.852. The van der Waals surface area contributed by atoms with Crippen LogP contribution < -0.4 is 14.8 Å². The Morgan fingerprint density at radius 1 is 1.22 bits per heavy atom. The first-order valence-electron chi connectivity index (χ1n) is 5.75. The fraction of sp³-hybridized carbons (Fsp3) is 0.538. The second-order valence-corrected chi connectivity index (χ2v) is 4.10. The lowest BCUT2D eigenvalue weighted by Crippen LogP contribution is -2.45. The van der Waals surface area contributed by atoms with Crippen molar-refractivity contribution in [3.63, 3.8) is 0 Å². The van der Waals surface area contributed by atoms with Gasteiger partial charge in [-0.1, -0.05) is 13.0 Å². The Labute approximate surface area is 106 Å². The van der Waals surface area contributed by atoms with Crippen molar-refractivity contribution in [2.45, 2.75) is 25.8 Å². The molecule has 0 bridgehead atoms. The summed E-state index contributed by atoms with van der Waals surface area (Å²) in [6.45, 7) is 3.72. The molecule has 0 aromatic heterocycles. The summed E-state index contributed by atoms with van der Waals surface area (Å²) in [7, 11) is 2.99. The Kier molecular flexibility index (Phi) is 4.90. The second-order valence-electron chi connectivity index (χ2n) is 4.10. The molecule has 0 aliphatic heterocycles. The standard InChI is InChI=1S/C13H19F2NO2/c1-5-16-13(2,12(14)15)9-6-7-10(17-3)11(8-9)18-4/h6-8,12,16H,5H2,1-4H3. The molecule has 1 aromatic carbocycles. The van der Waals surface area contributed by atoms with Gasteiger partial charge in [0.25, 0.3) is 6.43 Å². The molecule has 1 rings (SSSR count). The molecular formula is C13H19F2NO2. The molecule has 18 heavy (non-hydrogen) atoms. The largest absolute Gasteiger partial charge is 0.493 e. The predicted octanol–water partition coefficient (Wildman–Crippen LogP) is 2.79. The van der Waals surface area contributed by atoms with E-state index in [-0.39, 0.29) is 0 Å². The van der Waals surface area contributed by atoms with E-state index >= 15 is 0 Å². The predicted molar refractivity (Wildman–Crippen MR) is 66.6 cm³/mol. The summed E-state index contributed by atoms with van der Waals surface area (Å²) in [4.78, 5) is 0. The molecule has 102 valence electrons. The van der Waals surface area contributed by atoms with Gasteiger partial charge in [0.1, 0.15) is 5.54 Å². The van der Waals surface area contributed by atoms with Gasteiger partial charge in [-0.2, -0.15) is 0 Å². The van der Waals surface area contributed by atoms with Gasteiger partial charge >= 0.3 is 0 Å². The van der Waals surface area contributed by atoms with Crippen molar-refractivity contribution in [1.29, 1.82) is 0 Å². The summed E-state index contributed by atoms with van der Waals surface area (Å²) >= 11 is 0. The summed E-state index contributed by atoms with van der Waals surface area (Å²) in [6, 6.07) is 4.83. The van der Waals surface area contributed by atoms with Crippen LogP contribution in [-0.2, 0) is 5.54 Å². The van der Waals surface area contributed by atoms with E-state index in [0.717, 1.165) is 0 Å². The minimum Gasteiger partial charge on any atom is -0.493 e. The number of ether oxygens (including phenoxy) is 2. The van der Waals surface area contributed by atoms with Crippen LogP contribution in [0.5, 0.6) is 11.5 Å². The van der Waals surface area contributed by atoms with Crippen molar-refractivity contribution in [1.82, 2.24) is 5.32 Å². The van der Waals surface area contributed by atoms with Crippen LogP contribution in [0.1, 0.15) is 19.4 Å². The summed E-state index contributed by atoms with van der Waals surface area (Å²) in [6.07, 6.45) is -2.52. The Hall–Kier alpha value is -1.36. The van der Waals surface area contributed by atoms with Crippen LogP contribution in [0.25, 0.3) is 0 Å². The van der Waals surface area contributed by atoms with Gasteiger partial charge in [0, 0.05) is 0 Å². The number of methoxy groups -OCH3 is 2. The summed E-state index contributed by atoms with van der Waals surface area (Å²) in [5, 5.41) is 2.82. The Bertz CT molecular complexity index is 399. The van der Waals surface area contributed by atoms with Gasteiger partial charge in [-0.05, 0) is 31.2 Å². The first-order chi connectivity index (χ1) is 8.49. The zero-order valence-electron chi connectivity index (χ0n) is 11.1. The van der Waals surface area contributed by atoms with Crippen molar-refractivity contribution in [2.24, 2.45) is 0 Å². The lowest BCUT2D eigenvalue weighted by molar-refractivity contribution is 0.0393. The van der Waals surface area contributed by atoms with Crippen LogP contribution in [0.3, 0.4) is 0 Å². The van der Waals surface area contributed by atoms with E-state index in [2.05, 4.69) is 5.32 Å². The smallest absolute Gasteiger partial charge is 0.260 e. The van der Waals surface area contributed by atoms with Gasteiger partial charge in [0.05, 0.1) is 14.2 Å². The average molecular weight is 259 g/mol. The van der Waals surface area contributed by atoms with Gasteiger partial charge < -0.3 is 14.8 Å². The first-order valence-corrected chi connectivity index (χ1v) is 5.75. The maximum Gasteiger partial charge on any atom is 0.260 e. The highest BCUT2D eigenvalue weighted by atomic mass is 19.3. The summed E-state index contributed by atoms with van der Waals surface area (Å²) in [5.41, 5.74) is -0.925. The van der Waals surface area contributed by atoms with E-state index in [1.165, 1.54) is 21.1 Å². The number of rotatable bonds is 6. The van der Waals surface area contributed by atoms with Crippen molar-refractivity contribution < 1.29 is 18.3 Å². The van der Waals surface area contributed by atoms with E-state index in [1.807, 2.05) is 0 Å². The third kappa shape index (κ3) is 2.72. The molecule has 0 amide bonds. The Morgan fingerprint density at radius 3 is 2.28 bits per heavy atom. The van der Waals surface area contributed by atoms with E-state index in [1.54, 1.807) is 25.1 Å². The fourth-order valence-electron chi connectivity index (χ4n) is 1.83. The fourth-order valence-corrected chi connectivity index (χ4v) is 1.83. The normalized spacial score (nSPS) is 14.4. The second kappa shape index (κ2) is 6.00. The minimum absolute atomic E-state index is 0.444. The highest BCUT2D eigenvalue weighted by Gasteiger charge is 2.36. The maximum absolute atomic E-state index is 13.2. The lowest BCUT2D eigenvalue weighted by atomic mass is 9.92. The van der Waals surface area contributed by atoms with Crippen LogP contribution in [0.15, 0.2) is 18.2 Å². The molecule has 1 aromatic rings. The number of benzene rings is 1. The van der Waals surface area contributed by atoms with E-state index in [0.29, 0.717) is 23.6 Å². The molecule has 0 fully saturated rings. The molecule has 1 atom stereocenters. The van der Waals surface area contributed by atoms with Crippen molar-refractivity contribution in [3.8, 4) is 11.5 Å². The van der Waals surface area contributed by atoms with Gasteiger partial charge in [-0.25, -0.2) is 8.78 Å². The van der Waals surface area contributed by atoms with E-state index in [9.17, 15) is 8.78 Å². The number of hydrogen-bond acceptors (Lipinski definition) is 3. The zero-order chi connectivity index (χ0) is 13.8. The molecule has 0 aliphatic rings. The van der Waals surface area contributed by atoms with E-state index < -0.39 is 12.0 Å². The number of halogens is 2. The van der Waals surface area contributed by atoms with Crippen LogP contribution in [0.2, 0.25) is 0 Å². The lowest BCUT2D eigenvalue weighted by Gasteiger charge is -2.30. The highest BCUT2D eigenvalue weighted by molar-refractivity contribution is 5.45. The van der Waals surface area contributed by atoms with Gasteiger partial charge in [-0.15, -0.1) is 0 Å². The molecule has 3 nitrogen and oxygen atoms in total. The molecule has 1 N–H and O–H groups in total. The number of hydrogen-bond donors (Lipinski definition) is 1. The maximum atomic E-state index is 13.2. The molecule has 1 unspecified atom stereocenters. The molecule has 5 heteroatoms. The molecule has 0 spiro atoms. The number of alkyl halides is 2. The van der Waals surface area contributed by atoms with Crippen molar-refractivity contribution >= 4 is 0 Å². The summed E-state index contributed by atoms with van der Waals surface area (Å²) < 4.78 is 36.7. The van der Waals surface area contributed by atoms with Crippen LogP contribution >= 0.6 is 0 Å². The minimum atomic E-state index is -2.52. The number of nitrogens with one attached hydrogen (secondary N) is 1. The van der Waals surface area contributed by atoms with Crippen LogP contribution in [0.4, 0.5) is 8.78 Å². The SMILES string of the molecule is CCNC(C)(c1ccc(OC)c(OC)c1)C(F)F. The highest BCUT2D eigenvalue weighted by Crippen LogP contribution is 2.35. The monoisotopic (exact) mass is 259 g/mol. The Balaban J connectivity index is 3.21.